The minimum atomic E-state index is -0.256. The Kier molecular flexibility index (Phi) is 7.80. The Labute approximate surface area is 100 Å². The molecule has 0 spiro atoms. The molecule has 0 atom stereocenters. The van der Waals surface area contributed by atoms with Crippen molar-refractivity contribution in [1.29, 1.82) is 0 Å². The summed E-state index contributed by atoms with van der Waals surface area (Å²) in [4.78, 5) is 17.9. The zero-order chi connectivity index (χ0) is 12.6. The molecular formula is C11H19NO3S. The maximum absolute atomic E-state index is 11.4. The van der Waals surface area contributed by atoms with Crippen molar-refractivity contribution in [3.05, 3.63) is 21.4 Å². The fourth-order valence-electron chi connectivity index (χ4n) is 1.08. The average Bonchev–Trinajstić information content (AvgIpc) is 2.61. The van der Waals surface area contributed by atoms with E-state index in [0.29, 0.717) is 4.88 Å². The van der Waals surface area contributed by atoms with E-state index in [-0.39, 0.29) is 19.1 Å². The second-order valence-corrected chi connectivity index (χ2v) is 4.13. The van der Waals surface area contributed by atoms with Crippen molar-refractivity contribution in [2.45, 2.75) is 27.7 Å². The van der Waals surface area contributed by atoms with Gasteiger partial charge in [0.25, 0.3) is 5.91 Å². The number of nitrogens with one attached hydrogen (secondary N) is 1. The van der Waals surface area contributed by atoms with Crippen molar-refractivity contribution in [3.8, 4) is 0 Å². The molecule has 0 aliphatic carbocycles. The number of carbonyl (C=O) groups excluding carboxylic acids is 1. The highest BCUT2D eigenvalue weighted by Crippen LogP contribution is 2.20. The number of aliphatic hydroxyl groups is 1. The van der Waals surface area contributed by atoms with Crippen LogP contribution in [-0.2, 0) is 4.84 Å². The average molecular weight is 245 g/mol. The number of rotatable bonds is 4. The lowest BCUT2D eigenvalue weighted by molar-refractivity contribution is 0.0171. The topological polar surface area (TPSA) is 58.6 Å². The van der Waals surface area contributed by atoms with E-state index < -0.39 is 0 Å². The van der Waals surface area contributed by atoms with Crippen LogP contribution in [0, 0.1) is 13.8 Å². The van der Waals surface area contributed by atoms with Gasteiger partial charge in [-0.15, -0.1) is 11.3 Å². The molecule has 1 amide bonds. The lowest BCUT2D eigenvalue weighted by Gasteiger charge is -2.02. The zero-order valence-corrected chi connectivity index (χ0v) is 11.0. The van der Waals surface area contributed by atoms with Crippen LogP contribution in [0.2, 0.25) is 0 Å². The Hall–Kier alpha value is -0.910. The van der Waals surface area contributed by atoms with Crippen molar-refractivity contribution >= 4 is 17.2 Å². The van der Waals surface area contributed by atoms with Crippen molar-refractivity contribution in [2.75, 3.05) is 13.2 Å². The number of hydrogen-bond donors (Lipinski definition) is 2. The Morgan fingerprint density at radius 1 is 1.50 bits per heavy atom. The van der Waals surface area contributed by atoms with E-state index in [1.807, 2.05) is 33.8 Å². The third kappa shape index (κ3) is 4.74. The van der Waals surface area contributed by atoms with Crippen molar-refractivity contribution in [3.63, 3.8) is 0 Å². The third-order valence-electron chi connectivity index (χ3n) is 1.61. The van der Waals surface area contributed by atoms with Crippen LogP contribution in [0.15, 0.2) is 6.07 Å². The Balaban J connectivity index is 0.00000106. The predicted octanol–water partition coefficient (Wildman–Crippen LogP) is 2.04. The van der Waals surface area contributed by atoms with Gasteiger partial charge >= 0.3 is 0 Å². The van der Waals surface area contributed by atoms with E-state index in [4.69, 9.17) is 9.94 Å². The number of thiophene rings is 1. The van der Waals surface area contributed by atoms with Crippen LogP contribution in [0.25, 0.3) is 0 Å². The Morgan fingerprint density at radius 3 is 2.56 bits per heavy atom. The molecule has 0 radical (unpaired) electrons. The molecule has 2 N–H and O–H groups in total. The molecule has 5 heteroatoms. The summed E-state index contributed by atoms with van der Waals surface area (Å²) in [5.74, 6) is -0.256. The van der Waals surface area contributed by atoms with Gasteiger partial charge < -0.3 is 5.11 Å². The molecule has 0 bridgehead atoms. The van der Waals surface area contributed by atoms with E-state index in [1.165, 1.54) is 11.3 Å². The summed E-state index contributed by atoms with van der Waals surface area (Å²) in [6.07, 6.45) is 0. The smallest absolute Gasteiger partial charge is 0.285 e. The number of carbonyl (C=O) groups is 1. The maximum Gasteiger partial charge on any atom is 0.285 e. The summed E-state index contributed by atoms with van der Waals surface area (Å²) >= 11 is 1.43. The van der Waals surface area contributed by atoms with Crippen molar-refractivity contribution in [2.24, 2.45) is 0 Å². The van der Waals surface area contributed by atoms with Crippen molar-refractivity contribution in [1.82, 2.24) is 5.48 Å². The van der Waals surface area contributed by atoms with Gasteiger partial charge in [-0.1, -0.05) is 13.8 Å². The van der Waals surface area contributed by atoms with Crippen LogP contribution in [-0.4, -0.2) is 24.2 Å². The lowest BCUT2D eigenvalue weighted by Crippen LogP contribution is -2.24. The first kappa shape index (κ1) is 15.1. The summed E-state index contributed by atoms with van der Waals surface area (Å²) < 4.78 is 0. The first-order valence-corrected chi connectivity index (χ1v) is 6.07. The zero-order valence-electron chi connectivity index (χ0n) is 10.2. The minimum absolute atomic E-state index is 0.106. The normalized spacial score (nSPS) is 9.31. The van der Waals surface area contributed by atoms with Gasteiger partial charge in [0, 0.05) is 4.88 Å². The largest absolute Gasteiger partial charge is 0.394 e. The Bertz CT molecular complexity index is 323. The molecule has 0 fully saturated rings. The van der Waals surface area contributed by atoms with E-state index >= 15 is 0 Å². The van der Waals surface area contributed by atoms with Gasteiger partial charge in [-0.25, -0.2) is 5.48 Å². The fraction of sp³-hybridized carbons (Fsp3) is 0.545. The molecule has 1 aromatic rings. The molecule has 0 unspecified atom stereocenters. The number of aliphatic hydroxyl groups excluding tert-OH is 1. The van der Waals surface area contributed by atoms with Gasteiger partial charge in [0.2, 0.25) is 0 Å². The molecule has 0 aliphatic heterocycles. The molecule has 0 aliphatic rings. The van der Waals surface area contributed by atoms with Crippen LogP contribution in [0.5, 0.6) is 0 Å². The Morgan fingerprint density at radius 2 is 2.12 bits per heavy atom. The number of hydrogen-bond acceptors (Lipinski definition) is 4. The standard InChI is InChI=1S/C9H13NO3S.C2H6/c1-6-5-7(2)14-8(6)9(12)10-13-4-3-11;1-2/h5,11H,3-4H2,1-2H3,(H,10,12);1-2H3. The van der Waals surface area contributed by atoms with E-state index in [0.717, 1.165) is 10.4 Å². The van der Waals surface area contributed by atoms with E-state index in [1.54, 1.807) is 0 Å². The van der Waals surface area contributed by atoms with Gasteiger partial charge in [0.1, 0.15) is 0 Å². The molecule has 16 heavy (non-hydrogen) atoms. The summed E-state index contributed by atoms with van der Waals surface area (Å²) in [5.41, 5.74) is 3.21. The van der Waals surface area contributed by atoms with Gasteiger partial charge in [0.05, 0.1) is 18.1 Å². The van der Waals surface area contributed by atoms with Gasteiger partial charge in [-0.2, -0.15) is 0 Å². The molecule has 4 nitrogen and oxygen atoms in total. The molecule has 0 aromatic carbocycles. The minimum Gasteiger partial charge on any atom is -0.394 e. The van der Waals surface area contributed by atoms with Gasteiger partial charge in [0.15, 0.2) is 0 Å². The molecule has 0 saturated carbocycles. The van der Waals surface area contributed by atoms with Crippen LogP contribution >= 0.6 is 11.3 Å². The van der Waals surface area contributed by atoms with Crippen molar-refractivity contribution < 1.29 is 14.7 Å². The summed E-state index contributed by atoms with van der Waals surface area (Å²) in [5, 5.41) is 8.43. The second kappa shape index (κ2) is 8.27. The van der Waals surface area contributed by atoms with Crippen LogP contribution in [0.1, 0.15) is 34.0 Å². The number of hydroxylamine groups is 1. The molecule has 1 heterocycles. The molecule has 92 valence electrons. The SMILES string of the molecule is CC.Cc1cc(C)c(C(=O)NOCCO)s1. The monoisotopic (exact) mass is 245 g/mol. The number of amides is 1. The molecule has 0 saturated heterocycles. The molecular weight excluding hydrogens is 226 g/mol. The van der Waals surface area contributed by atoms with Gasteiger partial charge in [-0.3, -0.25) is 9.63 Å². The maximum atomic E-state index is 11.4. The second-order valence-electron chi connectivity index (χ2n) is 2.87. The van der Waals surface area contributed by atoms with Crippen LogP contribution in [0.4, 0.5) is 0 Å². The van der Waals surface area contributed by atoms with Crippen LogP contribution in [0.3, 0.4) is 0 Å². The molecule has 1 aromatic heterocycles. The summed E-state index contributed by atoms with van der Waals surface area (Å²) in [7, 11) is 0. The summed E-state index contributed by atoms with van der Waals surface area (Å²) in [6.45, 7) is 7.82. The first-order chi connectivity index (χ1) is 7.65. The lowest BCUT2D eigenvalue weighted by atomic mass is 10.2. The molecule has 1 rings (SSSR count). The fourth-order valence-corrected chi connectivity index (χ4v) is 1.99. The quantitative estimate of drug-likeness (QED) is 0.630. The summed E-state index contributed by atoms with van der Waals surface area (Å²) in [6, 6.07) is 1.95. The van der Waals surface area contributed by atoms with E-state index in [2.05, 4.69) is 5.48 Å². The number of aryl methyl sites for hydroxylation is 2. The van der Waals surface area contributed by atoms with E-state index in [9.17, 15) is 4.79 Å². The van der Waals surface area contributed by atoms with Crippen LogP contribution < -0.4 is 5.48 Å². The van der Waals surface area contributed by atoms with Gasteiger partial charge in [-0.05, 0) is 25.5 Å². The third-order valence-corrected chi connectivity index (χ3v) is 2.76. The first-order valence-electron chi connectivity index (χ1n) is 5.25. The highest BCUT2D eigenvalue weighted by molar-refractivity contribution is 7.14. The highest BCUT2D eigenvalue weighted by atomic mass is 32.1. The highest BCUT2D eigenvalue weighted by Gasteiger charge is 2.11. The predicted molar refractivity (Wildman–Crippen MR) is 65.6 cm³/mol.